The first-order chi connectivity index (χ1) is 13.5. The number of hydrogen-bond acceptors (Lipinski definition) is 3. The van der Waals surface area contributed by atoms with Crippen LogP contribution in [0, 0.1) is 17.6 Å². The summed E-state index contributed by atoms with van der Waals surface area (Å²) in [6.45, 7) is 2.36. The van der Waals surface area contributed by atoms with Gasteiger partial charge < -0.3 is 10.1 Å². The summed E-state index contributed by atoms with van der Waals surface area (Å²) in [7, 11) is 0. The second-order valence-electron chi connectivity index (χ2n) is 7.43. The second-order valence-corrected chi connectivity index (χ2v) is 7.43. The Labute approximate surface area is 165 Å². The summed E-state index contributed by atoms with van der Waals surface area (Å²) in [6.07, 6.45) is 7.19. The predicted octanol–water partition coefficient (Wildman–Crippen LogP) is 5.88. The third-order valence-corrected chi connectivity index (χ3v) is 5.26. The summed E-state index contributed by atoms with van der Waals surface area (Å²) in [5.41, 5.74) is 2.93. The van der Waals surface area contributed by atoms with E-state index < -0.39 is 11.6 Å². The number of anilines is 1. The minimum Gasteiger partial charge on any atom is -0.462 e. The van der Waals surface area contributed by atoms with Crippen molar-refractivity contribution in [1.82, 2.24) is 0 Å². The number of hydrogen-bond donors (Lipinski definition) is 1. The molecule has 0 saturated heterocycles. The summed E-state index contributed by atoms with van der Waals surface area (Å²) in [6, 6.07) is 9.03. The van der Waals surface area contributed by atoms with E-state index in [4.69, 9.17) is 4.74 Å². The number of carbonyl (C=O) groups is 1. The molecule has 0 radical (unpaired) electrons. The molecular weight excluding hydrogens is 360 g/mol. The van der Waals surface area contributed by atoms with Crippen LogP contribution < -0.4 is 5.32 Å². The largest absolute Gasteiger partial charge is 0.462 e. The molecule has 1 aliphatic rings. The molecule has 2 aromatic carbocycles. The molecule has 0 spiro atoms. The van der Waals surface area contributed by atoms with Crippen molar-refractivity contribution in [2.75, 3.05) is 11.9 Å². The van der Waals surface area contributed by atoms with E-state index in [1.165, 1.54) is 44.2 Å². The molecule has 1 aliphatic carbocycles. The highest BCUT2D eigenvalue weighted by Crippen LogP contribution is 2.30. The van der Waals surface area contributed by atoms with Crippen molar-refractivity contribution in [3.8, 4) is 0 Å². The number of carbonyl (C=O) groups excluding carboxylic acids is 1. The number of halogens is 2. The SMILES string of the molecule is CCOC(=O)c1ccc(CC2CCCCC2)c(NCc2cc(F)cc(F)c2)c1. The molecule has 1 N–H and O–H groups in total. The Morgan fingerprint density at radius 2 is 1.79 bits per heavy atom. The minimum absolute atomic E-state index is 0.276. The molecular formula is C23H27F2NO2. The van der Waals surface area contributed by atoms with E-state index in [2.05, 4.69) is 5.32 Å². The van der Waals surface area contributed by atoms with Crippen LogP contribution >= 0.6 is 0 Å². The van der Waals surface area contributed by atoms with Gasteiger partial charge in [-0.15, -0.1) is 0 Å². The van der Waals surface area contributed by atoms with Crippen molar-refractivity contribution < 1.29 is 18.3 Å². The van der Waals surface area contributed by atoms with Crippen LogP contribution in [0.4, 0.5) is 14.5 Å². The molecule has 1 saturated carbocycles. The van der Waals surface area contributed by atoms with Crippen LogP contribution in [0.3, 0.4) is 0 Å². The summed E-state index contributed by atoms with van der Waals surface area (Å²) < 4.78 is 32.0. The summed E-state index contributed by atoms with van der Waals surface area (Å²) in [5.74, 6) is -0.931. The quantitative estimate of drug-likeness (QED) is 0.603. The number of benzene rings is 2. The van der Waals surface area contributed by atoms with Gasteiger partial charge in [0.2, 0.25) is 0 Å². The van der Waals surface area contributed by atoms with Gasteiger partial charge in [-0.2, -0.15) is 0 Å². The maximum Gasteiger partial charge on any atom is 0.338 e. The van der Waals surface area contributed by atoms with Crippen LogP contribution in [-0.4, -0.2) is 12.6 Å². The Morgan fingerprint density at radius 1 is 1.07 bits per heavy atom. The third kappa shape index (κ3) is 5.54. The number of nitrogens with one attached hydrogen (secondary N) is 1. The standard InChI is InChI=1S/C23H27F2NO2/c1-2-28-23(27)19-9-8-18(10-16-6-4-3-5-7-16)22(13-19)26-15-17-11-20(24)14-21(25)12-17/h8-9,11-14,16,26H,2-7,10,15H2,1H3. The summed E-state index contributed by atoms with van der Waals surface area (Å²) in [5, 5.41) is 3.27. The number of esters is 1. The topological polar surface area (TPSA) is 38.3 Å². The molecule has 0 amide bonds. The van der Waals surface area contributed by atoms with Gasteiger partial charge in [0.1, 0.15) is 11.6 Å². The highest BCUT2D eigenvalue weighted by Gasteiger charge is 2.17. The average Bonchev–Trinajstić information content (AvgIpc) is 2.67. The Balaban J connectivity index is 1.80. The molecule has 0 atom stereocenters. The summed E-state index contributed by atoms with van der Waals surface area (Å²) >= 11 is 0. The van der Waals surface area contributed by atoms with Crippen LogP contribution in [0.15, 0.2) is 36.4 Å². The molecule has 0 aromatic heterocycles. The summed E-state index contributed by atoms with van der Waals surface area (Å²) in [4.78, 5) is 12.1. The molecule has 150 valence electrons. The van der Waals surface area contributed by atoms with E-state index >= 15 is 0 Å². The van der Waals surface area contributed by atoms with Gasteiger partial charge in [0, 0.05) is 18.3 Å². The minimum atomic E-state index is -0.598. The molecule has 0 unspecified atom stereocenters. The Kier molecular flexibility index (Phi) is 7.01. The lowest BCUT2D eigenvalue weighted by molar-refractivity contribution is 0.0526. The average molecular weight is 387 g/mol. The highest BCUT2D eigenvalue weighted by molar-refractivity contribution is 5.90. The lowest BCUT2D eigenvalue weighted by Crippen LogP contribution is -2.13. The van der Waals surface area contributed by atoms with E-state index in [0.717, 1.165) is 23.7 Å². The highest BCUT2D eigenvalue weighted by atomic mass is 19.1. The fraction of sp³-hybridized carbons (Fsp3) is 0.435. The predicted molar refractivity (Wildman–Crippen MR) is 106 cm³/mol. The molecule has 5 heteroatoms. The zero-order chi connectivity index (χ0) is 19.9. The van der Waals surface area contributed by atoms with Crippen LogP contribution in [0.1, 0.15) is 60.5 Å². The molecule has 3 nitrogen and oxygen atoms in total. The fourth-order valence-electron chi connectivity index (χ4n) is 3.87. The molecule has 0 heterocycles. The van der Waals surface area contributed by atoms with E-state index in [0.29, 0.717) is 23.7 Å². The van der Waals surface area contributed by atoms with Gasteiger partial charge in [-0.05, 0) is 54.7 Å². The third-order valence-electron chi connectivity index (χ3n) is 5.26. The van der Waals surface area contributed by atoms with Crippen LogP contribution in [0.25, 0.3) is 0 Å². The first-order valence-electron chi connectivity index (χ1n) is 10.0. The second kappa shape index (κ2) is 9.67. The van der Waals surface area contributed by atoms with Crippen LogP contribution in [0.2, 0.25) is 0 Å². The van der Waals surface area contributed by atoms with Crippen LogP contribution in [0.5, 0.6) is 0 Å². The molecule has 0 aliphatic heterocycles. The first kappa shape index (κ1) is 20.3. The van der Waals surface area contributed by atoms with Crippen molar-refractivity contribution >= 4 is 11.7 Å². The van der Waals surface area contributed by atoms with E-state index in [1.807, 2.05) is 6.07 Å². The first-order valence-corrected chi connectivity index (χ1v) is 10.0. The number of rotatable bonds is 7. The molecule has 28 heavy (non-hydrogen) atoms. The normalized spacial score (nSPS) is 14.7. The Hall–Kier alpha value is -2.43. The molecule has 0 bridgehead atoms. The molecule has 3 rings (SSSR count). The molecule has 1 fully saturated rings. The van der Waals surface area contributed by atoms with Gasteiger partial charge in [-0.1, -0.05) is 38.2 Å². The van der Waals surface area contributed by atoms with Crippen molar-refractivity contribution in [2.24, 2.45) is 5.92 Å². The Bertz CT molecular complexity index is 796. The van der Waals surface area contributed by atoms with Gasteiger partial charge in [0.25, 0.3) is 0 Å². The van der Waals surface area contributed by atoms with Crippen molar-refractivity contribution in [1.29, 1.82) is 0 Å². The smallest absolute Gasteiger partial charge is 0.338 e. The van der Waals surface area contributed by atoms with Crippen LogP contribution in [-0.2, 0) is 17.7 Å². The fourth-order valence-corrected chi connectivity index (χ4v) is 3.87. The Morgan fingerprint density at radius 3 is 2.46 bits per heavy atom. The lowest BCUT2D eigenvalue weighted by Gasteiger charge is -2.23. The van der Waals surface area contributed by atoms with Crippen molar-refractivity contribution in [2.45, 2.75) is 52.0 Å². The zero-order valence-corrected chi connectivity index (χ0v) is 16.3. The van der Waals surface area contributed by atoms with Gasteiger partial charge >= 0.3 is 5.97 Å². The van der Waals surface area contributed by atoms with Gasteiger partial charge in [0.05, 0.1) is 12.2 Å². The van der Waals surface area contributed by atoms with E-state index in [1.54, 1.807) is 19.1 Å². The van der Waals surface area contributed by atoms with Gasteiger partial charge in [-0.3, -0.25) is 0 Å². The molecule has 2 aromatic rings. The van der Waals surface area contributed by atoms with Crippen molar-refractivity contribution in [3.05, 3.63) is 64.7 Å². The van der Waals surface area contributed by atoms with E-state index in [9.17, 15) is 13.6 Å². The van der Waals surface area contributed by atoms with Crippen molar-refractivity contribution in [3.63, 3.8) is 0 Å². The van der Waals surface area contributed by atoms with E-state index in [-0.39, 0.29) is 12.5 Å². The van der Waals surface area contributed by atoms with Gasteiger partial charge in [0.15, 0.2) is 0 Å². The number of ether oxygens (including phenoxy) is 1. The monoisotopic (exact) mass is 387 g/mol. The maximum absolute atomic E-state index is 13.5. The zero-order valence-electron chi connectivity index (χ0n) is 16.3. The lowest BCUT2D eigenvalue weighted by atomic mass is 9.84. The van der Waals surface area contributed by atoms with Gasteiger partial charge in [-0.25, -0.2) is 13.6 Å². The maximum atomic E-state index is 13.5.